The molecule has 4 heteroatoms. The van der Waals surface area contributed by atoms with Crippen LogP contribution in [0.1, 0.15) is 25.8 Å². The van der Waals surface area contributed by atoms with Crippen LogP contribution in [0.25, 0.3) is 0 Å². The maximum Gasteiger partial charge on any atom is 0.296 e. The summed E-state index contributed by atoms with van der Waals surface area (Å²) >= 11 is 0. The summed E-state index contributed by atoms with van der Waals surface area (Å²) in [5, 5.41) is 0. The van der Waals surface area contributed by atoms with E-state index in [2.05, 4.69) is 0 Å². The van der Waals surface area contributed by atoms with E-state index in [1.807, 2.05) is 26.8 Å². The van der Waals surface area contributed by atoms with Gasteiger partial charge in [-0.1, -0.05) is 29.3 Å². The molecule has 1 aromatic carbocycles. The van der Waals surface area contributed by atoms with Crippen molar-refractivity contribution < 1.29 is 12.6 Å². The van der Waals surface area contributed by atoms with Gasteiger partial charge in [0.25, 0.3) is 10.1 Å². The van der Waals surface area contributed by atoms with Gasteiger partial charge >= 0.3 is 0 Å². The lowest BCUT2D eigenvalue weighted by atomic mass is 10.2. The number of benzene rings is 1. The van der Waals surface area contributed by atoms with Crippen molar-refractivity contribution in [1.29, 1.82) is 0 Å². The fraction of sp³-hybridized carbons (Fsp3) is 0.385. The molecule has 0 aromatic heterocycles. The van der Waals surface area contributed by atoms with Crippen LogP contribution in [0.4, 0.5) is 0 Å². The van der Waals surface area contributed by atoms with Crippen LogP contribution < -0.4 is 0 Å². The zero-order chi connectivity index (χ0) is 12.9. The molecule has 3 nitrogen and oxygen atoms in total. The van der Waals surface area contributed by atoms with Crippen LogP contribution in [0.3, 0.4) is 0 Å². The Labute approximate surface area is 103 Å². The fourth-order valence-electron chi connectivity index (χ4n) is 1.28. The standard InChI is InChI=1S/C13H18O3S/c1-11(2)5-4-10-16-17(14,15)13-8-6-12(3)7-9-13/h5-9H,4,10H2,1-3H3. The van der Waals surface area contributed by atoms with E-state index in [9.17, 15) is 8.42 Å². The molecule has 94 valence electrons. The predicted molar refractivity (Wildman–Crippen MR) is 68.4 cm³/mol. The largest absolute Gasteiger partial charge is 0.296 e. The van der Waals surface area contributed by atoms with Gasteiger partial charge in [-0.05, 0) is 39.3 Å². The van der Waals surface area contributed by atoms with E-state index in [1.165, 1.54) is 0 Å². The lowest BCUT2D eigenvalue weighted by molar-refractivity contribution is 0.324. The van der Waals surface area contributed by atoms with Crippen LogP contribution in [0, 0.1) is 6.92 Å². The van der Waals surface area contributed by atoms with E-state index < -0.39 is 10.1 Å². The van der Waals surface area contributed by atoms with Crippen molar-refractivity contribution in [1.82, 2.24) is 0 Å². The molecule has 0 unspecified atom stereocenters. The summed E-state index contributed by atoms with van der Waals surface area (Å²) in [4.78, 5) is 0.209. The number of aryl methyl sites for hydroxylation is 1. The molecule has 0 bridgehead atoms. The van der Waals surface area contributed by atoms with Crippen LogP contribution in [-0.4, -0.2) is 15.0 Å². The summed E-state index contributed by atoms with van der Waals surface area (Å²) in [5.41, 5.74) is 2.18. The molecule has 0 spiro atoms. The molecule has 1 rings (SSSR count). The van der Waals surface area contributed by atoms with Gasteiger partial charge in [0.15, 0.2) is 0 Å². The summed E-state index contributed by atoms with van der Waals surface area (Å²) in [6, 6.07) is 6.63. The molecule has 17 heavy (non-hydrogen) atoms. The molecule has 0 fully saturated rings. The minimum absolute atomic E-state index is 0.182. The molecule has 0 aliphatic heterocycles. The van der Waals surface area contributed by atoms with Crippen LogP contribution in [-0.2, 0) is 14.3 Å². The highest BCUT2D eigenvalue weighted by atomic mass is 32.2. The van der Waals surface area contributed by atoms with Gasteiger partial charge in [0.05, 0.1) is 11.5 Å². The Hall–Kier alpha value is -1.13. The Kier molecular flexibility index (Phi) is 4.90. The first kappa shape index (κ1) is 13.9. The molecule has 0 aliphatic rings. The average molecular weight is 254 g/mol. The quantitative estimate of drug-likeness (QED) is 0.461. The van der Waals surface area contributed by atoms with E-state index in [4.69, 9.17) is 4.18 Å². The van der Waals surface area contributed by atoms with E-state index in [1.54, 1.807) is 24.3 Å². The maximum absolute atomic E-state index is 11.7. The molecular formula is C13H18O3S. The normalized spacial score (nSPS) is 11.2. The lowest BCUT2D eigenvalue weighted by Crippen LogP contribution is -2.07. The van der Waals surface area contributed by atoms with Crippen molar-refractivity contribution in [2.75, 3.05) is 6.61 Å². The number of hydrogen-bond donors (Lipinski definition) is 0. The second-order valence-electron chi connectivity index (χ2n) is 4.16. The molecule has 0 amide bonds. The van der Waals surface area contributed by atoms with E-state index in [0.29, 0.717) is 6.42 Å². The van der Waals surface area contributed by atoms with Crippen molar-refractivity contribution in [2.24, 2.45) is 0 Å². The SMILES string of the molecule is CC(C)=CCCOS(=O)(=O)c1ccc(C)cc1. The van der Waals surface area contributed by atoms with Gasteiger partial charge in [-0.2, -0.15) is 8.42 Å². The monoisotopic (exact) mass is 254 g/mol. The Balaban J connectivity index is 2.63. The van der Waals surface area contributed by atoms with Crippen LogP contribution >= 0.6 is 0 Å². The minimum atomic E-state index is -3.60. The van der Waals surface area contributed by atoms with Gasteiger partial charge in [0, 0.05) is 0 Å². The van der Waals surface area contributed by atoms with Gasteiger partial charge in [-0.3, -0.25) is 4.18 Å². The van der Waals surface area contributed by atoms with Crippen molar-refractivity contribution in [3.63, 3.8) is 0 Å². The van der Waals surface area contributed by atoms with Gasteiger partial charge in [0.2, 0.25) is 0 Å². The Morgan fingerprint density at radius 3 is 2.35 bits per heavy atom. The van der Waals surface area contributed by atoms with Crippen LogP contribution in [0.15, 0.2) is 40.8 Å². The summed E-state index contributed by atoms with van der Waals surface area (Å²) in [5.74, 6) is 0. The highest BCUT2D eigenvalue weighted by molar-refractivity contribution is 7.86. The average Bonchev–Trinajstić information content (AvgIpc) is 2.25. The smallest absolute Gasteiger partial charge is 0.266 e. The number of allylic oxidation sites excluding steroid dienone is 1. The first-order valence-corrected chi connectivity index (χ1v) is 6.92. The van der Waals surface area contributed by atoms with Gasteiger partial charge in [-0.25, -0.2) is 0 Å². The lowest BCUT2D eigenvalue weighted by Gasteiger charge is -2.04. The van der Waals surface area contributed by atoms with Crippen LogP contribution in [0.5, 0.6) is 0 Å². The third-order valence-electron chi connectivity index (χ3n) is 2.22. The third-order valence-corrected chi connectivity index (χ3v) is 3.55. The van der Waals surface area contributed by atoms with Crippen molar-refractivity contribution in [2.45, 2.75) is 32.1 Å². The molecule has 1 aromatic rings. The summed E-state index contributed by atoms with van der Waals surface area (Å²) in [6.45, 7) is 6.02. The first-order chi connectivity index (χ1) is 7.92. The van der Waals surface area contributed by atoms with E-state index >= 15 is 0 Å². The van der Waals surface area contributed by atoms with Crippen molar-refractivity contribution in [3.8, 4) is 0 Å². The van der Waals surface area contributed by atoms with Crippen LogP contribution in [0.2, 0.25) is 0 Å². The zero-order valence-electron chi connectivity index (χ0n) is 10.4. The molecule has 0 N–H and O–H groups in total. The second-order valence-corrected chi connectivity index (χ2v) is 5.77. The van der Waals surface area contributed by atoms with Crippen molar-refractivity contribution >= 4 is 10.1 Å². The summed E-state index contributed by atoms with van der Waals surface area (Å²) < 4.78 is 28.4. The third kappa shape index (κ3) is 4.71. The summed E-state index contributed by atoms with van der Waals surface area (Å²) in [6.07, 6.45) is 2.55. The number of rotatable bonds is 5. The molecule has 0 saturated heterocycles. The Morgan fingerprint density at radius 2 is 1.82 bits per heavy atom. The second kappa shape index (κ2) is 5.98. The Bertz CT molecular complexity index is 480. The highest BCUT2D eigenvalue weighted by Crippen LogP contribution is 2.13. The molecule has 0 saturated carbocycles. The van der Waals surface area contributed by atoms with Crippen molar-refractivity contribution in [3.05, 3.63) is 41.5 Å². The maximum atomic E-state index is 11.7. The number of hydrogen-bond acceptors (Lipinski definition) is 3. The van der Waals surface area contributed by atoms with E-state index in [-0.39, 0.29) is 11.5 Å². The summed E-state index contributed by atoms with van der Waals surface area (Å²) in [7, 11) is -3.60. The molecular weight excluding hydrogens is 236 g/mol. The molecule has 0 radical (unpaired) electrons. The molecule has 0 heterocycles. The first-order valence-electron chi connectivity index (χ1n) is 5.51. The molecule has 0 atom stereocenters. The zero-order valence-corrected chi connectivity index (χ0v) is 11.3. The minimum Gasteiger partial charge on any atom is -0.266 e. The Morgan fingerprint density at radius 1 is 1.24 bits per heavy atom. The van der Waals surface area contributed by atoms with E-state index in [0.717, 1.165) is 11.1 Å². The predicted octanol–water partition coefficient (Wildman–Crippen LogP) is 3.06. The highest BCUT2D eigenvalue weighted by Gasteiger charge is 2.13. The topological polar surface area (TPSA) is 43.4 Å². The van der Waals surface area contributed by atoms with Gasteiger partial charge in [0.1, 0.15) is 0 Å². The fourth-order valence-corrected chi connectivity index (χ4v) is 2.20. The molecule has 0 aliphatic carbocycles. The van der Waals surface area contributed by atoms with Gasteiger partial charge < -0.3 is 0 Å². The van der Waals surface area contributed by atoms with Gasteiger partial charge in [-0.15, -0.1) is 0 Å².